The number of nitrogens with zero attached hydrogens (tertiary/aromatic N) is 5. The number of hydrogen-bond donors (Lipinski definition) is 2. The van der Waals surface area contributed by atoms with Crippen LogP contribution in [0.2, 0.25) is 0 Å². The van der Waals surface area contributed by atoms with Crippen LogP contribution in [0.25, 0.3) is 16.9 Å². The van der Waals surface area contributed by atoms with Gasteiger partial charge in [0, 0.05) is 19.8 Å². The Morgan fingerprint density at radius 1 is 1.07 bits per heavy atom. The van der Waals surface area contributed by atoms with Gasteiger partial charge in [-0.25, -0.2) is 15.0 Å². The van der Waals surface area contributed by atoms with Crippen molar-refractivity contribution in [2.45, 2.75) is 31.6 Å². The summed E-state index contributed by atoms with van der Waals surface area (Å²) in [5.41, 5.74) is 3.81. The molecule has 154 valence electrons. The van der Waals surface area contributed by atoms with E-state index in [9.17, 15) is 14.4 Å². The first-order valence-corrected chi connectivity index (χ1v) is 11.6. The number of fused-ring (bicyclic) bond motifs is 1. The van der Waals surface area contributed by atoms with E-state index in [1.165, 1.54) is 5.56 Å². The van der Waals surface area contributed by atoms with E-state index < -0.39 is 7.60 Å². The largest absolute Gasteiger partial charge is 0.361 e. The van der Waals surface area contributed by atoms with Crippen LogP contribution in [0, 0.1) is 5.92 Å². The summed E-state index contributed by atoms with van der Waals surface area (Å²) in [6.45, 7) is 0. The highest BCUT2D eigenvalue weighted by atomic mass is 31.2. The van der Waals surface area contributed by atoms with E-state index in [2.05, 4.69) is 39.2 Å². The third-order valence-corrected chi connectivity index (χ3v) is 6.72. The Hall–Kier alpha value is -2.28. The number of aromatic nitrogens is 4. The number of anilines is 1. The number of hydrogen-bond acceptors (Lipinski definition) is 5. The van der Waals surface area contributed by atoms with Crippen molar-refractivity contribution < 1.29 is 14.4 Å². The van der Waals surface area contributed by atoms with Crippen LogP contribution in [0.15, 0.2) is 36.9 Å². The minimum atomic E-state index is -3.91. The van der Waals surface area contributed by atoms with E-state index in [4.69, 9.17) is 0 Å². The molecule has 2 heterocycles. The summed E-state index contributed by atoms with van der Waals surface area (Å²) in [6.07, 6.45) is 7.02. The maximum Gasteiger partial charge on any atom is 0.325 e. The average Bonchev–Trinajstić information content (AvgIpc) is 3.11. The van der Waals surface area contributed by atoms with Crippen LogP contribution in [0.4, 0.5) is 5.82 Å². The Labute approximate surface area is 169 Å². The van der Waals surface area contributed by atoms with Crippen molar-refractivity contribution in [3.63, 3.8) is 0 Å². The Morgan fingerprint density at radius 2 is 1.76 bits per heavy atom. The predicted molar refractivity (Wildman–Crippen MR) is 113 cm³/mol. The number of rotatable bonds is 5. The molecule has 1 aliphatic rings. The normalized spacial score (nSPS) is 20.1. The zero-order chi connectivity index (χ0) is 20.6. The van der Waals surface area contributed by atoms with Gasteiger partial charge in [-0.05, 0) is 55.2 Å². The third-order valence-electron chi connectivity index (χ3n) is 5.72. The lowest BCUT2D eigenvalue weighted by Gasteiger charge is -2.29. The molecule has 1 fully saturated rings. The molecule has 1 saturated carbocycles. The molecule has 0 bridgehead atoms. The van der Waals surface area contributed by atoms with Gasteiger partial charge in [0.15, 0.2) is 17.0 Å². The van der Waals surface area contributed by atoms with Gasteiger partial charge < -0.3 is 14.7 Å². The predicted octanol–water partition coefficient (Wildman–Crippen LogP) is 3.33. The molecular formula is C20H26N5O3P. The van der Waals surface area contributed by atoms with Crippen LogP contribution in [0.1, 0.15) is 37.2 Å². The van der Waals surface area contributed by atoms with Gasteiger partial charge in [-0.3, -0.25) is 9.13 Å². The Balaban J connectivity index is 1.50. The average molecular weight is 415 g/mol. The van der Waals surface area contributed by atoms with E-state index in [0.717, 1.165) is 48.4 Å². The molecule has 9 heteroatoms. The third kappa shape index (κ3) is 4.34. The molecular weight excluding hydrogens is 389 g/mol. The second-order valence-corrected chi connectivity index (χ2v) is 9.73. The lowest BCUT2D eigenvalue weighted by atomic mass is 9.79. The van der Waals surface area contributed by atoms with Gasteiger partial charge in [0.1, 0.15) is 12.7 Å². The highest BCUT2D eigenvalue weighted by molar-refractivity contribution is 7.51. The van der Waals surface area contributed by atoms with E-state index >= 15 is 0 Å². The van der Waals surface area contributed by atoms with Crippen molar-refractivity contribution in [2.24, 2.45) is 5.92 Å². The molecule has 0 atom stereocenters. The van der Waals surface area contributed by atoms with E-state index in [-0.39, 0.29) is 12.1 Å². The fraction of sp³-hybridized carbons (Fsp3) is 0.450. The highest BCUT2D eigenvalue weighted by Crippen LogP contribution is 2.44. The Kier molecular flexibility index (Phi) is 5.42. The van der Waals surface area contributed by atoms with E-state index in [1.54, 1.807) is 12.7 Å². The summed E-state index contributed by atoms with van der Waals surface area (Å²) in [5.74, 6) is 1.37. The van der Waals surface area contributed by atoms with Crippen LogP contribution in [0.5, 0.6) is 0 Å². The molecule has 0 amide bonds. The van der Waals surface area contributed by atoms with Crippen LogP contribution < -0.4 is 4.90 Å². The van der Waals surface area contributed by atoms with Crippen molar-refractivity contribution in [2.75, 3.05) is 25.2 Å². The van der Waals surface area contributed by atoms with Gasteiger partial charge >= 0.3 is 7.60 Å². The summed E-state index contributed by atoms with van der Waals surface area (Å²) in [4.78, 5) is 33.5. The van der Waals surface area contributed by atoms with E-state index in [1.807, 2.05) is 23.6 Å². The molecule has 0 unspecified atom stereocenters. The number of imidazole rings is 1. The molecule has 0 aliphatic heterocycles. The molecule has 0 radical (unpaired) electrons. The maximum atomic E-state index is 11.2. The van der Waals surface area contributed by atoms with Gasteiger partial charge in [0.2, 0.25) is 0 Å². The summed E-state index contributed by atoms with van der Waals surface area (Å²) in [6, 6.07) is 8.44. The molecule has 4 rings (SSSR count). The molecule has 3 aromatic rings. The molecule has 8 nitrogen and oxygen atoms in total. The first kappa shape index (κ1) is 20.0. The quantitative estimate of drug-likeness (QED) is 0.616. The summed E-state index contributed by atoms with van der Waals surface area (Å²) in [7, 11) is -0.0432. The Bertz CT molecular complexity index is 1040. The van der Waals surface area contributed by atoms with Crippen molar-refractivity contribution >= 4 is 24.6 Å². The SMILES string of the molecule is CN(C)c1ncnc2c1ncn2-c1ccc(C2CCC(CP(=O)(O)O)CC2)cc1. The molecule has 29 heavy (non-hydrogen) atoms. The van der Waals surface area contributed by atoms with Gasteiger partial charge in [-0.15, -0.1) is 0 Å². The van der Waals surface area contributed by atoms with Crippen LogP contribution in [0.3, 0.4) is 0 Å². The lowest BCUT2D eigenvalue weighted by molar-refractivity contribution is 0.316. The second-order valence-electron chi connectivity index (χ2n) is 8.03. The minimum absolute atomic E-state index is 0.0170. The van der Waals surface area contributed by atoms with E-state index in [0.29, 0.717) is 5.92 Å². The van der Waals surface area contributed by atoms with Crippen molar-refractivity contribution in [3.05, 3.63) is 42.5 Å². The van der Waals surface area contributed by atoms with Crippen molar-refractivity contribution in [3.8, 4) is 5.69 Å². The second kappa shape index (κ2) is 7.86. The zero-order valence-corrected chi connectivity index (χ0v) is 17.5. The molecule has 1 aliphatic carbocycles. The summed E-state index contributed by atoms with van der Waals surface area (Å²) in [5, 5.41) is 0. The fourth-order valence-electron chi connectivity index (χ4n) is 4.26. The molecule has 2 N–H and O–H groups in total. The smallest absolute Gasteiger partial charge is 0.325 e. The zero-order valence-electron chi connectivity index (χ0n) is 16.6. The van der Waals surface area contributed by atoms with Crippen LogP contribution in [-0.4, -0.2) is 49.6 Å². The molecule has 2 aromatic heterocycles. The van der Waals surface area contributed by atoms with Crippen molar-refractivity contribution in [1.82, 2.24) is 19.5 Å². The molecule has 0 saturated heterocycles. The monoisotopic (exact) mass is 415 g/mol. The Morgan fingerprint density at radius 3 is 2.38 bits per heavy atom. The van der Waals surface area contributed by atoms with Gasteiger partial charge in [-0.2, -0.15) is 0 Å². The highest BCUT2D eigenvalue weighted by Gasteiger charge is 2.27. The first-order chi connectivity index (χ1) is 13.8. The van der Waals surface area contributed by atoms with Crippen molar-refractivity contribution in [1.29, 1.82) is 0 Å². The molecule has 1 aromatic carbocycles. The van der Waals surface area contributed by atoms with Gasteiger partial charge in [0.25, 0.3) is 0 Å². The molecule has 0 spiro atoms. The van der Waals surface area contributed by atoms with Gasteiger partial charge in [-0.1, -0.05) is 12.1 Å². The van der Waals surface area contributed by atoms with Crippen LogP contribution >= 0.6 is 7.60 Å². The first-order valence-electron chi connectivity index (χ1n) is 9.82. The van der Waals surface area contributed by atoms with Crippen LogP contribution in [-0.2, 0) is 4.57 Å². The topological polar surface area (TPSA) is 104 Å². The maximum absolute atomic E-state index is 11.2. The standard InChI is InChI=1S/C20H26N5O3P/c1-24(2)19-18-20(22-12-21-19)25(13-23-18)17-9-7-16(8-10-17)15-5-3-14(4-6-15)11-29(26,27)28/h7-10,12-15H,3-6,11H2,1-2H3,(H2,26,27,28). The lowest BCUT2D eigenvalue weighted by Crippen LogP contribution is -2.16. The van der Waals surface area contributed by atoms with Gasteiger partial charge in [0.05, 0.1) is 6.16 Å². The summed E-state index contributed by atoms with van der Waals surface area (Å²) < 4.78 is 13.2. The number of benzene rings is 1. The minimum Gasteiger partial charge on any atom is -0.361 e. The summed E-state index contributed by atoms with van der Waals surface area (Å²) >= 11 is 0. The fourth-order valence-corrected chi connectivity index (χ4v) is 5.30.